The number of hydrogen-bond acceptors (Lipinski definition) is 6. The van der Waals surface area contributed by atoms with Gasteiger partial charge in [0.25, 0.3) is 10.0 Å². The van der Waals surface area contributed by atoms with Crippen LogP contribution in [-0.4, -0.2) is 36.5 Å². The van der Waals surface area contributed by atoms with Gasteiger partial charge in [-0.25, -0.2) is 13.4 Å². The van der Waals surface area contributed by atoms with Crippen molar-refractivity contribution in [2.75, 3.05) is 13.7 Å². The SMILES string of the molecule is Cc1ncc(S(=O)(=O)N(C)Cc2cc(C#CCO)cs2)s1. The van der Waals surface area contributed by atoms with Crippen LogP contribution in [0, 0.1) is 18.8 Å². The van der Waals surface area contributed by atoms with Crippen molar-refractivity contribution in [3.05, 3.63) is 33.1 Å². The summed E-state index contributed by atoms with van der Waals surface area (Å²) in [5, 5.41) is 11.2. The van der Waals surface area contributed by atoms with E-state index in [-0.39, 0.29) is 17.4 Å². The first-order valence-electron chi connectivity index (χ1n) is 5.99. The molecule has 21 heavy (non-hydrogen) atoms. The minimum absolute atomic E-state index is 0.190. The van der Waals surface area contributed by atoms with Crippen LogP contribution in [0.5, 0.6) is 0 Å². The van der Waals surface area contributed by atoms with Gasteiger partial charge in [-0.15, -0.1) is 22.7 Å². The summed E-state index contributed by atoms with van der Waals surface area (Å²) in [5.41, 5.74) is 0.781. The third-order valence-corrected chi connectivity index (χ3v) is 6.68. The van der Waals surface area contributed by atoms with Gasteiger partial charge in [-0.3, -0.25) is 0 Å². The number of aryl methyl sites for hydroxylation is 1. The average molecular weight is 342 g/mol. The fourth-order valence-electron chi connectivity index (χ4n) is 1.59. The average Bonchev–Trinajstić information content (AvgIpc) is 3.05. The van der Waals surface area contributed by atoms with E-state index in [9.17, 15) is 8.42 Å². The Labute approximate surface area is 131 Å². The second-order valence-electron chi connectivity index (χ2n) is 4.22. The summed E-state index contributed by atoms with van der Waals surface area (Å²) in [6, 6.07) is 1.83. The molecule has 0 spiro atoms. The molecule has 0 saturated carbocycles. The van der Waals surface area contributed by atoms with Crippen molar-refractivity contribution in [2.24, 2.45) is 0 Å². The van der Waals surface area contributed by atoms with E-state index < -0.39 is 10.0 Å². The second-order valence-corrected chi connectivity index (χ2v) is 8.72. The Balaban J connectivity index is 2.14. The maximum Gasteiger partial charge on any atom is 0.254 e. The Morgan fingerprint density at radius 2 is 2.24 bits per heavy atom. The van der Waals surface area contributed by atoms with Crippen molar-refractivity contribution in [1.29, 1.82) is 0 Å². The number of thiazole rings is 1. The normalized spacial score (nSPS) is 11.4. The summed E-state index contributed by atoms with van der Waals surface area (Å²) in [6.45, 7) is 1.87. The number of rotatable bonds is 4. The van der Waals surface area contributed by atoms with Gasteiger partial charge >= 0.3 is 0 Å². The van der Waals surface area contributed by atoms with Crippen LogP contribution in [-0.2, 0) is 16.6 Å². The Bertz CT molecular complexity index is 781. The van der Waals surface area contributed by atoms with Crippen LogP contribution in [0.2, 0.25) is 0 Å². The van der Waals surface area contributed by atoms with E-state index in [1.807, 2.05) is 11.4 Å². The molecule has 2 aromatic rings. The molecule has 2 aromatic heterocycles. The van der Waals surface area contributed by atoms with Crippen molar-refractivity contribution in [3.8, 4) is 11.8 Å². The minimum Gasteiger partial charge on any atom is -0.384 e. The lowest BCUT2D eigenvalue weighted by molar-refractivity contribution is 0.350. The summed E-state index contributed by atoms with van der Waals surface area (Å²) >= 11 is 2.60. The van der Waals surface area contributed by atoms with Crippen LogP contribution in [0.1, 0.15) is 15.4 Å². The first-order chi connectivity index (χ1) is 9.93. The summed E-state index contributed by atoms with van der Waals surface area (Å²) in [4.78, 5) is 4.88. The van der Waals surface area contributed by atoms with Gasteiger partial charge in [0, 0.05) is 29.4 Å². The van der Waals surface area contributed by atoms with Crippen LogP contribution in [0.4, 0.5) is 0 Å². The first-order valence-corrected chi connectivity index (χ1v) is 9.13. The fourth-order valence-corrected chi connectivity index (χ4v) is 5.01. The maximum absolute atomic E-state index is 12.4. The molecule has 112 valence electrons. The van der Waals surface area contributed by atoms with Gasteiger partial charge in [-0.2, -0.15) is 4.31 Å². The summed E-state index contributed by atoms with van der Waals surface area (Å²) < 4.78 is 26.3. The highest BCUT2D eigenvalue weighted by molar-refractivity contribution is 7.91. The lowest BCUT2D eigenvalue weighted by Crippen LogP contribution is -2.25. The molecule has 2 rings (SSSR count). The second kappa shape index (κ2) is 6.68. The van der Waals surface area contributed by atoms with Crippen molar-refractivity contribution in [2.45, 2.75) is 17.7 Å². The van der Waals surface area contributed by atoms with Crippen LogP contribution in [0.25, 0.3) is 0 Å². The zero-order valence-electron chi connectivity index (χ0n) is 11.5. The van der Waals surface area contributed by atoms with Gasteiger partial charge in [-0.05, 0) is 13.0 Å². The number of nitrogens with zero attached hydrogens (tertiary/aromatic N) is 2. The third-order valence-electron chi connectivity index (χ3n) is 2.61. The smallest absolute Gasteiger partial charge is 0.254 e. The molecule has 0 saturated heterocycles. The standard InChI is InChI=1S/C13H14N2O3S3/c1-10-14-7-13(20-10)21(17,18)15(2)8-12-6-11(9-19-12)4-3-5-16/h6-7,9,16H,5,8H2,1-2H3. The quantitative estimate of drug-likeness (QED) is 0.858. The van der Waals surface area contributed by atoms with Crippen molar-refractivity contribution >= 4 is 32.7 Å². The number of sulfonamides is 1. The van der Waals surface area contributed by atoms with Crippen LogP contribution in [0.15, 0.2) is 21.9 Å². The summed E-state index contributed by atoms with van der Waals surface area (Å²) in [5.74, 6) is 5.36. The number of aromatic nitrogens is 1. The van der Waals surface area contributed by atoms with Crippen LogP contribution < -0.4 is 0 Å². The van der Waals surface area contributed by atoms with Gasteiger partial charge in [-0.1, -0.05) is 11.8 Å². The molecule has 0 unspecified atom stereocenters. The van der Waals surface area contributed by atoms with Gasteiger partial charge < -0.3 is 5.11 Å². The molecular weight excluding hydrogens is 328 g/mol. The Hall–Kier alpha value is -1.24. The summed E-state index contributed by atoms with van der Waals surface area (Å²) in [7, 11) is -1.96. The van der Waals surface area contributed by atoms with Crippen molar-refractivity contribution < 1.29 is 13.5 Å². The molecule has 0 aliphatic rings. The molecular formula is C13H14N2O3S3. The molecule has 2 heterocycles. The minimum atomic E-state index is -3.50. The van der Waals surface area contributed by atoms with Crippen molar-refractivity contribution in [3.63, 3.8) is 0 Å². The number of aliphatic hydroxyl groups excluding tert-OH is 1. The Morgan fingerprint density at radius 3 is 2.86 bits per heavy atom. The lowest BCUT2D eigenvalue weighted by Gasteiger charge is -2.14. The Morgan fingerprint density at radius 1 is 1.48 bits per heavy atom. The first kappa shape index (κ1) is 16.1. The molecule has 1 N–H and O–H groups in total. The van der Waals surface area contributed by atoms with Gasteiger partial charge in [0.05, 0.1) is 11.2 Å². The highest BCUT2D eigenvalue weighted by Crippen LogP contribution is 2.24. The molecule has 0 radical (unpaired) electrons. The topological polar surface area (TPSA) is 70.5 Å². The third kappa shape index (κ3) is 3.90. The van der Waals surface area contributed by atoms with Crippen LogP contribution in [0.3, 0.4) is 0 Å². The van der Waals surface area contributed by atoms with E-state index in [1.165, 1.54) is 21.8 Å². The zero-order chi connectivity index (χ0) is 15.5. The fraction of sp³-hybridized carbons (Fsp3) is 0.308. The van der Waals surface area contributed by atoms with E-state index in [4.69, 9.17) is 5.11 Å². The predicted molar refractivity (Wildman–Crippen MR) is 83.8 cm³/mol. The largest absolute Gasteiger partial charge is 0.384 e. The molecule has 0 atom stereocenters. The molecule has 0 bridgehead atoms. The maximum atomic E-state index is 12.4. The highest BCUT2D eigenvalue weighted by Gasteiger charge is 2.23. The van der Waals surface area contributed by atoms with Gasteiger partial charge in [0.2, 0.25) is 0 Å². The van der Waals surface area contributed by atoms with Crippen molar-refractivity contribution in [1.82, 2.24) is 9.29 Å². The van der Waals surface area contributed by atoms with E-state index in [1.54, 1.807) is 14.0 Å². The lowest BCUT2D eigenvalue weighted by atomic mass is 10.3. The molecule has 0 amide bonds. The van der Waals surface area contributed by atoms with E-state index in [0.29, 0.717) is 0 Å². The Kier molecular flexibility index (Phi) is 5.13. The monoisotopic (exact) mass is 342 g/mol. The van der Waals surface area contributed by atoms with E-state index >= 15 is 0 Å². The number of hydrogen-bond donors (Lipinski definition) is 1. The molecule has 0 fully saturated rings. The molecule has 0 aromatic carbocycles. The highest BCUT2D eigenvalue weighted by atomic mass is 32.2. The zero-order valence-corrected chi connectivity index (χ0v) is 14.0. The number of thiophene rings is 1. The molecule has 8 heteroatoms. The van der Waals surface area contributed by atoms with Gasteiger partial charge in [0.15, 0.2) is 4.21 Å². The number of aliphatic hydroxyl groups is 1. The molecule has 0 aliphatic heterocycles. The van der Waals surface area contributed by atoms with E-state index in [2.05, 4.69) is 16.8 Å². The molecule has 0 aliphatic carbocycles. The summed E-state index contributed by atoms with van der Waals surface area (Å²) in [6.07, 6.45) is 1.39. The predicted octanol–water partition coefficient (Wildman–Crippen LogP) is 1.68. The molecule has 5 nitrogen and oxygen atoms in total. The van der Waals surface area contributed by atoms with Gasteiger partial charge in [0.1, 0.15) is 6.61 Å². The van der Waals surface area contributed by atoms with Crippen LogP contribution >= 0.6 is 22.7 Å². The van der Waals surface area contributed by atoms with E-state index in [0.717, 1.165) is 26.8 Å².